The molecule has 0 aliphatic carbocycles. The fourth-order valence-electron chi connectivity index (χ4n) is 1.40. The summed E-state index contributed by atoms with van der Waals surface area (Å²) < 4.78 is 0. The summed E-state index contributed by atoms with van der Waals surface area (Å²) >= 11 is 0. The second-order valence-corrected chi connectivity index (χ2v) is 3.42. The van der Waals surface area contributed by atoms with Crippen LogP contribution in [0.15, 0.2) is 0 Å². The topological polar surface area (TPSA) is 52.6 Å². The highest BCUT2D eigenvalue weighted by molar-refractivity contribution is 5.85. The van der Waals surface area contributed by atoms with E-state index >= 15 is 0 Å². The molecule has 0 aromatic carbocycles. The van der Waals surface area contributed by atoms with E-state index in [1.54, 1.807) is 19.0 Å². The highest BCUT2D eigenvalue weighted by Gasteiger charge is 2.26. The van der Waals surface area contributed by atoms with Gasteiger partial charge in [-0.15, -0.1) is 12.4 Å². The van der Waals surface area contributed by atoms with E-state index in [0.717, 1.165) is 13.0 Å². The van der Waals surface area contributed by atoms with Gasteiger partial charge in [-0.3, -0.25) is 4.79 Å². The van der Waals surface area contributed by atoms with E-state index in [1.807, 2.05) is 0 Å². The minimum atomic E-state index is -0.319. The summed E-state index contributed by atoms with van der Waals surface area (Å²) in [6.45, 7) is 0.728. The van der Waals surface area contributed by atoms with Crippen molar-refractivity contribution >= 4 is 18.3 Å². The van der Waals surface area contributed by atoms with E-state index in [0.29, 0.717) is 6.42 Å². The molecule has 0 unspecified atom stereocenters. The number of carbonyl (C=O) groups is 1. The van der Waals surface area contributed by atoms with Gasteiger partial charge >= 0.3 is 0 Å². The molecule has 78 valence electrons. The van der Waals surface area contributed by atoms with Gasteiger partial charge in [-0.1, -0.05) is 0 Å². The first-order valence-corrected chi connectivity index (χ1v) is 4.24. The molecular formula is C8H17ClN2O2. The molecule has 13 heavy (non-hydrogen) atoms. The number of likely N-dealkylation sites (N-methyl/N-ethyl adjacent to an activating group) is 1. The molecule has 0 radical (unpaired) electrons. The summed E-state index contributed by atoms with van der Waals surface area (Å²) in [5.74, 6) is 0.0498. The van der Waals surface area contributed by atoms with Gasteiger partial charge in [0.1, 0.15) is 0 Å². The Morgan fingerprint density at radius 2 is 2.15 bits per heavy atom. The Labute approximate surface area is 84.7 Å². The molecule has 1 aliphatic rings. The van der Waals surface area contributed by atoms with Crippen molar-refractivity contribution in [3.8, 4) is 0 Å². The molecule has 0 aromatic heterocycles. The molecule has 4 nitrogen and oxygen atoms in total. The van der Waals surface area contributed by atoms with Crippen LogP contribution in [-0.2, 0) is 4.79 Å². The lowest BCUT2D eigenvalue weighted by Crippen LogP contribution is -2.49. The summed E-state index contributed by atoms with van der Waals surface area (Å²) in [4.78, 5) is 12.9. The van der Waals surface area contributed by atoms with Gasteiger partial charge in [0.15, 0.2) is 0 Å². The quantitative estimate of drug-likeness (QED) is 0.617. The predicted molar refractivity (Wildman–Crippen MR) is 53.0 cm³/mol. The van der Waals surface area contributed by atoms with Crippen molar-refractivity contribution in [2.45, 2.75) is 25.0 Å². The standard InChI is InChI=1S/C8H16N2O2.ClH/c1-10(2)8(12)7-5-6(11)3-4-9-7;/h6-7,9,11H,3-5H2,1-2H3;1H/t6-,7+;/m1./s1. The van der Waals surface area contributed by atoms with E-state index in [2.05, 4.69) is 5.32 Å². The Hall–Kier alpha value is -0.320. The summed E-state index contributed by atoms with van der Waals surface area (Å²) in [6, 6.07) is -0.191. The summed E-state index contributed by atoms with van der Waals surface area (Å²) in [6.07, 6.45) is 0.967. The maximum Gasteiger partial charge on any atom is 0.239 e. The van der Waals surface area contributed by atoms with Crippen LogP contribution in [-0.4, -0.2) is 48.7 Å². The molecule has 0 spiro atoms. The van der Waals surface area contributed by atoms with Crippen LogP contribution in [0.4, 0.5) is 0 Å². The molecule has 2 N–H and O–H groups in total. The summed E-state index contributed by atoms with van der Waals surface area (Å²) in [5, 5.41) is 12.4. The molecule has 1 rings (SSSR count). The van der Waals surface area contributed by atoms with Crippen LogP contribution in [0.2, 0.25) is 0 Å². The fourth-order valence-corrected chi connectivity index (χ4v) is 1.40. The molecule has 1 saturated heterocycles. The van der Waals surface area contributed by atoms with Gasteiger partial charge in [0.2, 0.25) is 5.91 Å². The highest BCUT2D eigenvalue weighted by atomic mass is 35.5. The van der Waals surface area contributed by atoms with Crippen LogP contribution in [0.25, 0.3) is 0 Å². The first-order valence-electron chi connectivity index (χ1n) is 4.24. The zero-order valence-electron chi connectivity index (χ0n) is 7.99. The SMILES string of the molecule is CN(C)C(=O)[C@@H]1C[C@H](O)CCN1.Cl. The van der Waals surface area contributed by atoms with E-state index < -0.39 is 0 Å². The van der Waals surface area contributed by atoms with Crippen molar-refractivity contribution in [1.29, 1.82) is 0 Å². The molecule has 1 aliphatic heterocycles. The number of amides is 1. The van der Waals surface area contributed by atoms with Gasteiger partial charge in [-0.2, -0.15) is 0 Å². The Morgan fingerprint density at radius 1 is 1.54 bits per heavy atom. The normalized spacial score (nSPS) is 27.6. The third-order valence-electron chi connectivity index (χ3n) is 2.11. The average Bonchev–Trinajstić information content (AvgIpc) is 2.03. The van der Waals surface area contributed by atoms with Crippen molar-refractivity contribution in [3.05, 3.63) is 0 Å². The van der Waals surface area contributed by atoms with Crippen LogP contribution in [0.5, 0.6) is 0 Å². The molecular weight excluding hydrogens is 192 g/mol. The maximum atomic E-state index is 11.4. The summed E-state index contributed by atoms with van der Waals surface area (Å²) in [7, 11) is 3.45. The van der Waals surface area contributed by atoms with Gasteiger partial charge in [0, 0.05) is 14.1 Å². The zero-order valence-corrected chi connectivity index (χ0v) is 8.80. The minimum Gasteiger partial charge on any atom is -0.393 e. The largest absolute Gasteiger partial charge is 0.393 e. The lowest BCUT2D eigenvalue weighted by molar-refractivity contribution is -0.132. The third kappa shape index (κ3) is 3.50. The molecule has 5 heteroatoms. The smallest absolute Gasteiger partial charge is 0.239 e. The van der Waals surface area contributed by atoms with E-state index in [9.17, 15) is 9.90 Å². The fraction of sp³-hybridized carbons (Fsp3) is 0.875. The second kappa shape index (κ2) is 5.42. The first-order chi connectivity index (χ1) is 5.61. The number of hydrogen-bond donors (Lipinski definition) is 2. The van der Waals surface area contributed by atoms with Crippen molar-refractivity contribution in [2.24, 2.45) is 0 Å². The van der Waals surface area contributed by atoms with Gasteiger partial charge < -0.3 is 15.3 Å². The molecule has 0 saturated carbocycles. The van der Waals surface area contributed by atoms with Gasteiger partial charge in [0.05, 0.1) is 12.1 Å². The lowest BCUT2D eigenvalue weighted by Gasteiger charge is -2.28. The van der Waals surface area contributed by atoms with Crippen LogP contribution in [0.1, 0.15) is 12.8 Å². The Kier molecular flexibility index (Phi) is 5.29. The number of nitrogens with one attached hydrogen (secondary N) is 1. The van der Waals surface area contributed by atoms with Gasteiger partial charge in [0.25, 0.3) is 0 Å². The highest BCUT2D eigenvalue weighted by Crippen LogP contribution is 2.09. The van der Waals surface area contributed by atoms with Crippen molar-refractivity contribution in [3.63, 3.8) is 0 Å². The monoisotopic (exact) mass is 208 g/mol. The molecule has 2 atom stereocenters. The van der Waals surface area contributed by atoms with E-state index in [-0.39, 0.29) is 30.5 Å². The van der Waals surface area contributed by atoms with Crippen LogP contribution in [0.3, 0.4) is 0 Å². The van der Waals surface area contributed by atoms with E-state index in [1.165, 1.54) is 0 Å². The number of piperidine rings is 1. The molecule has 0 aromatic rings. The Bertz CT molecular complexity index is 176. The number of carbonyl (C=O) groups excluding carboxylic acids is 1. The molecule has 0 bridgehead atoms. The third-order valence-corrected chi connectivity index (χ3v) is 2.11. The van der Waals surface area contributed by atoms with Gasteiger partial charge in [-0.05, 0) is 19.4 Å². The number of hydrogen-bond acceptors (Lipinski definition) is 3. The molecule has 1 amide bonds. The van der Waals surface area contributed by atoms with Gasteiger partial charge in [-0.25, -0.2) is 0 Å². The maximum absolute atomic E-state index is 11.4. The predicted octanol–water partition coefficient (Wildman–Crippen LogP) is -0.391. The van der Waals surface area contributed by atoms with Crippen molar-refractivity contribution in [1.82, 2.24) is 10.2 Å². The van der Waals surface area contributed by atoms with E-state index in [4.69, 9.17) is 0 Å². The minimum absolute atomic E-state index is 0. The number of aliphatic hydroxyl groups excluding tert-OH is 1. The zero-order chi connectivity index (χ0) is 9.14. The number of halogens is 1. The van der Waals surface area contributed by atoms with Crippen LogP contribution < -0.4 is 5.32 Å². The molecule has 1 heterocycles. The number of aliphatic hydroxyl groups is 1. The lowest BCUT2D eigenvalue weighted by atomic mass is 10.0. The van der Waals surface area contributed by atoms with Crippen LogP contribution in [0, 0.1) is 0 Å². The second-order valence-electron chi connectivity index (χ2n) is 3.42. The summed E-state index contributed by atoms with van der Waals surface area (Å²) in [5.41, 5.74) is 0. The number of nitrogens with zero attached hydrogens (tertiary/aromatic N) is 1. The molecule has 1 fully saturated rings. The first kappa shape index (κ1) is 12.7. The number of rotatable bonds is 1. The Balaban J connectivity index is 0.00000144. The van der Waals surface area contributed by atoms with Crippen LogP contribution >= 0.6 is 12.4 Å². The Morgan fingerprint density at radius 3 is 2.62 bits per heavy atom. The average molecular weight is 209 g/mol. The van der Waals surface area contributed by atoms with Crippen molar-refractivity contribution in [2.75, 3.05) is 20.6 Å². The van der Waals surface area contributed by atoms with Crippen molar-refractivity contribution < 1.29 is 9.90 Å².